The van der Waals surface area contributed by atoms with Crippen LogP contribution in [0.5, 0.6) is 0 Å². The fraction of sp³-hybridized carbons (Fsp3) is 0.450. The Morgan fingerprint density at radius 1 is 1.30 bits per heavy atom. The van der Waals surface area contributed by atoms with Gasteiger partial charge in [0.2, 0.25) is 10.0 Å². The zero-order valence-electron chi connectivity index (χ0n) is 16.5. The van der Waals surface area contributed by atoms with E-state index in [4.69, 9.17) is 0 Å². The van der Waals surface area contributed by atoms with Crippen molar-refractivity contribution in [2.75, 3.05) is 0 Å². The smallest absolute Gasteiger partial charge is 0.310 e. The van der Waals surface area contributed by atoms with Crippen molar-refractivity contribution in [3.63, 3.8) is 0 Å². The maximum Gasteiger partial charge on any atom is 0.310 e. The van der Waals surface area contributed by atoms with Gasteiger partial charge in [0.25, 0.3) is 0 Å². The van der Waals surface area contributed by atoms with Crippen LogP contribution in [-0.4, -0.2) is 46.9 Å². The molecule has 0 unspecified atom stereocenters. The Morgan fingerprint density at radius 2 is 1.97 bits per heavy atom. The zero-order valence-corrected chi connectivity index (χ0v) is 17.4. The monoisotopic (exact) mass is 439 g/mol. The van der Waals surface area contributed by atoms with Crippen molar-refractivity contribution < 1.29 is 27.1 Å². The predicted molar refractivity (Wildman–Crippen MR) is 106 cm³/mol. The van der Waals surface area contributed by atoms with Crippen molar-refractivity contribution in [2.45, 2.75) is 50.6 Å². The second-order valence-electron chi connectivity index (χ2n) is 7.93. The number of hydrogen-bond donors (Lipinski definition) is 2. The molecular formula is C20H23F2N3O4S. The molecule has 0 amide bonds. The number of aliphatic carboxylic acids is 1. The van der Waals surface area contributed by atoms with Gasteiger partial charge in [-0.3, -0.25) is 4.79 Å². The lowest BCUT2D eigenvalue weighted by atomic mass is 9.79. The Labute approximate surface area is 173 Å². The molecule has 1 heterocycles. The quantitative estimate of drug-likeness (QED) is 0.687. The van der Waals surface area contributed by atoms with Gasteiger partial charge in [0.15, 0.2) is 11.6 Å². The first-order valence-corrected chi connectivity index (χ1v) is 11.0. The fourth-order valence-corrected chi connectivity index (χ4v) is 4.60. The number of halogens is 2. The first-order valence-electron chi connectivity index (χ1n) is 9.48. The second-order valence-corrected chi connectivity index (χ2v) is 10.2. The van der Waals surface area contributed by atoms with Crippen molar-refractivity contribution in [1.82, 2.24) is 14.7 Å². The summed E-state index contributed by atoms with van der Waals surface area (Å²) in [6.45, 7) is 2.94. The van der Waals surface area contributed by atoms with Crippen LogP contribution in [0, 0.1) is 11.2 Å². The fourth-order valence-electron chi connectivity index (χ4n) is 3.68. The Balaban J connectivity index is 1.85. The van der Waals surface area contributed by atoms with E-state index in [1.807, 2.05) is 0 Å². The number of aromatic nitrogens is 2. The highest BCUT2D eigenvalue weighted by molar-refractivity contribution is 7.90. The Morgan fingerprint density at radius 3 is 2.57 bits per heavy atom. The Kier molecular flexibility index (Phi) is 6.19. The lowest BCUT2D eigenvalue weighted by Crippen LogP contribution is -2.42. The molecule has 0 bridgehead atoms. The summed E-state index contributed by atoms with van der Waals surface area (Å²) in [5.74, 6) is -1.48. The van der Waals surface area contributed by atoms with Gasteiger partial charge in [-0.2, -0.15) is 0 Å². The van der Waals surface area contributed by atoms with Crippen LogP contribution in [0.4, 0.5) is 8.78 Å². The SMILES string of the molecule is CC(C)S(=O)(=O)N[C@@H]1C[C@@](Cc2cccc(-c3ncc(F)cn3)c2)(C(=O)O)C[C@@H]1F. The number of sulfonamides is 1. The van der Waals surface area contributed by atoms with E-state index in [1.165, 1.54) is 13.8 Å². The van der Waals surface area contributed by atoms with Crippen LogP contribution in [0.1, 0.15) is 32.3 Å². The standard InChI is InChI=1S/C20H23F2N3O4S/c1-12(2)30(28,29)25-17-9-20(19(26)27,8-16(17)22)7-13-4-3-5-14(6-13)18-23-10-15(21)11-24-18/h3-6,10-12,16-17,25H,7-9H2,1-2H3,(H,26,27)/t16-,17+,20-/m0/s1. The van der Waals surface area contributed by atoms with Crippen molar-refractivity contribution in [3.8, 4) is 11.4 Å². The van der Waals surface area contributed by atoms with Crippen LogP contribution in [0.25, 0.3) is 11.4 Å². The van der Waals surface area contributed by atoms with Gasteiger partial charge in [-0.1, -0.05) is 18.2 Å². The van der Waals surface area contributed by atoms with Gasteiger partial charge in [-0.05, 0) is 44.7 Å². The van der Waals surface area contributed by atoms with E-state index in [9.17, 15) is 27.1 Å². The van der Waals surface area contributed by atoms with Crippen LogP contribution in [0.3, 0.4) is 0 Å². The molecule has 3 rings (SSSR count). The zero-order chi connectivity index (χ0) is 22.1. The molecule has 7 nitrogen and oxygen atoms in total. The molecule has 2 N–H and O–H groups in total. The largest absolute Gasteiger partial charge is 0.481 e. The number of carboxylic acids is 1. The van der Waals surface area contributed by atoms with Crippen LogP contribution in [-0.2, 0) is 21.2 Å². The molecule has 162 valence electrons. The summed E-state index contributed by atoms with van der Waals surface area (Å²) in [6.07, 6.45) is 0.00134. The lowest BCUT2D eigenvalue weighted by Gasteiger charge is -2.24. The maximum atomic E-state index is 14.7. The van der Waals surface area contributed by atoms with E-state index in [-0.39, 0.29) is 25.1 Å². The first-order chi connectivity index (χ1) is 14.0. The van der Waals surface area contributed by atoms with E-state index < -0.39 is 44.7 Å². The molecule has 1 aliphatic carbocycles. The van der Waals surface area contributed by atoms with Gasteiger partial charge >= 0.3 is 5.97 Å². The van der Waals surface area contributed by atoms with Gasteiger partial charge in [-0.15, -0.1) is 0 Å². The highest BCUT2D eigenvalue weighted by Gasteiger charge is 2.52. The van der Waals surface area contributed by atoms with Gasteiger partial charge in [0.05, 0.1) is 29.1 Å². The van der Waals surface area contributed by atoms with Crippen molar-refractivity contribution >= 4 is 16.0 Å². The van der Waals surface area contributed by atoms with E-state index >= 15 is 0 Å². The minimum Gasteiger partial charge on any atom is -0.481 e. The molecule has 1 saturated carbocycles. The molecule has 0 spiro atoms. The maximum absolute atomic E-state index is 14.7. The van der Waals surface area contributed by atoms with Gasteiger partial charge in [-0.25, -0.2) is 31.9 Å². The number of nitrogens with one attached hydrogen (secondary N) is 1. The van der Waals surface area contributed by atoms with Crippen LogP contribution < -0.4 is 4.72 Å². The molecule has 1 aliphatic rings. The van der Waals surface area contributed by atoms with Crippen molar-refractivity contribution in [3.05, 3.63) is 48.0 Å². The highest BCUT2D eigenvalue weighted by Crippen LogP contribution is 2.43. The number of rotatable bonds is 7. The summed E-state index contributed by atoms with van der Waals surface area (Å²) in [5, 5.41) is 9.12. The number of benzene rings is 1. The summed E-state index contributed by atoms with van der Waals surface area (Å²) < 4.78 is 54.3. The number of hydrogen-bond acceptors (Lipinski definition) is 5. The third-order valence-corrected chi connectivity index (χ3v) is 7.24. The number of nitrogens with zero attached hydrogens (tertiary/aromatic N) is 2. The lowest BCUT2D eigenvalue weighted by molar-refractivity contribution is -0.148. The Hall–Kier alpha value is -2.46. The summed E-state index contributed by atoms with van der Waals surface area (Å²) in [4.78, 5) is 19.9. The average Bonchev–Trinajstić information content (AvgIpc) is 2.98. The molecule has 2 aromatic rings. The molecule has 0 saturated heterocycles. The van der Waals surface area contributed by atoms with Crippen LogP contribution in [0.15, 0.2) is 36.7 Å². The normalized spacial score (nSPS) is 24.3. The molecule has 1 aromatic carbocycles. The van der Waals surface area contributed by atoms with Gasteiger partial charge in [0, 0.05) is 5.56 Å². The van der Waals surface area contributed by atoms with Crippen molar-refractivity contribution in [1.29, 1.82) is 0 Å². The second kappa shape index (κ2) is 8.35. The summed E-state index contributed by atoms with van der Waals surface area (Å²) in [7, 11) is -3.74. The molecule has 1 aromatic heterocycles. The number of carboxylic acid groups (broad SMARTS) is 1. The number of carbonyl (C=O) groups is 1. The third-order valence-electron chi connectivity index (χ3n) is 5.37. The topological polar surface area (TPSA) is 109 Å². The van der Waals surface area contributed by atoms with Crippen LogP contribution >= 0.6 is 0 Å². The van der Waals surface area contributed by atoms with E-state index in [1.54, 1.807) is 24.3 Å². The van der Waals surface area contributed by atoms with E-state index in [2.05, 4.69) is 14.7 Å². The molecule has 1 fully saturated rings. The average molecular weight is 439 g/mol. The summed E-state index contributed by atoms with van der Waals surface area (Å²) in [5.41, 5.74) is -0.270. The molecule has 3 atom stereocenters. The van der Waals surface area contributed by atoms with Crippen LogP contribution in [0.2, 0.25) is 0 Å². The Bertz CT molecular complexity index is 1030. The van der Waals surface area contributed by atoms with Crippen molar-refractivity contribution in [2.24, 2.45) is 5.41 Å². The van der Waals surface area contributed by atoms with Gasteiger partial charge in [0.1, 0.15) is 6.17 Å². The minimum atomic E-state index is -3.74. The molecule has 0 radical (unpaired) electrons. The predicted octanol–water partition coefficient (Wildman–Crippen LogP) is 2.72. The molecule has 0 aliphatic heterocycles. The highest BCUT2D eigenvalue weighted by atomic mass is 32.2. The first kappa shape index (κ1) is 22.2. The minimum absolute atomic E-state index is 0.0116. The number of alkyl halides is 1. The third kappa shape index (κ3) is 4.65. The molecular weight excluding hydrogens is 416 g/mol. The van der Waals surface area contributed by atoms with E-state index in [0.717, 1.165) is 12.4 Å². The molecule has 30 heavy (non-hydrogen) atoms. The van der Waals surface area contributed by atoms with Gasteiger partial charge < -0.3 is 5.11 Å². The summed E-state index contributed by atoms with van der Waals surface area (Å²) in [6, 6.07) is 5.68. The molecule has 10 heteroatoms. The summed E-state index contributed by atoms with van der Waals surface area (Å²) >= 11 is 0. The van der Waals surface area contributed by atoms with E-state index in [0.29, 0.717) is 11.1 Å².